The summed E-state index contributed by atoms with van der Waals surface area (Å²) in [6.07, 6.45) is -4.28. The molecule has 1 aliphatic carbocycles. The summed E-state index contributed by atoms with van der Waals surface area (Å²) in [5.41, 5.74) is -2.29. The summed E-state index contributed by atoms with van der Waals surface area (Å²) in [5, 5.41) is 0. The van der Waals surface area contributed by atoms with Gasteiger partial charge in [-0.15, -0.1) is 0 Å². The van der Waals surface area contributed by atoms with E-state index in [0.717, 1.165) is 13.0 Å². The van der Waals surface area contributed by atoms with E-state index in [1.807, 2.05) is 0 Å². The van der Waals surface area contributed by atoms with Gasteiger partial charge in [0.15, 0.2) is 5.78 Å². The van der Waals surface area contributed by atoms with Crippen LogP contribution >= 0.6 is 0 Å². The molecule has 0 aromatic heterocycles. The first kappa shape index (κ1) is 14.7. The van der Waals surface area contributed by atoms with Gasteiger partial charge in [-0.2, -0.15) is 13.2 Å². The van der Waals surface area contributed by atoms with E-state index in [2.05, 4.69) is 4.74 Å². The summed E-state index contributed by atoms with van der Waals surface area (Å²) in [6.45, 7) is 3.77. The quantitative estimate of drug-likeness (QED) is 0.720. The van der Waals surface area contributed by atoms with E-state index in [-0.39, 0.29) is 12.2 Å². The molecular formula is C12H15F3O3. The van der Waals surface area contributed by atoms with Gasteiger partial charge in [-0.1, -0.05) is 5.57 Å². The fraction of sp³-hybridized carbons (Fsp3) is 0.667. The lowest BCUT2D eigenvalue weighted by Crippen LogP contribution is -2.49. The van der Waals surface area contributed by atoms with E-state index >= 15 is 0 Å². The van der Waals surface area contributed by atoms with Crippen LogP contribution in [0.3, 0.4) is 0 Å². The van der Waals surface area contributed by atoms with Crippen molar-refractivity contribution in [1.82, 2.24) is 0 Å². The molecule has 102 valence electrons. The second-order valence-electron chi connectivity index (χ2n) is 4.63. The van der Waals surface area contributed by atoms with Gasteiger partial charge in [-0.05, 0) is 26.8 Å². The largest absolute Gasteiger partial charge is 0.466 e. The summed E-state index contributed by atoms with van der Waals surface area (Å²) in [6, 6.07) is 0. The van der Waals surface area contributed by atoms with Crippen LogP contribution in [0.2, 0.25) is 0 Å². The van der Waals surface area contributed by atoms with Gasteiger partial charge in [0.1, 0.15) is 0 Å². The number of allylic oxidation sites excluding steroid dienone is 1. The number of alkyl halides is 3. The van der Waals surface area contributed by atoms with Crippen molar-refractivity contribution in [2.75, 3.05) is 6.61 Å². The molecule has 0 radical (unpaired) electrons. The molecule has 3 nitrogen and oxygen atoms in total. The van der Waals surface area contributed by atoms with Crippen molar-refractivity contribution >= 4 is 11.8 Å². The van der Waals surface area contributed by atoms with Gasteiger partial charge < -0.3 is 4.74 Å². The van der Waals surface area contributed by atoms with Gasteiger partial charge in [0.05, 0.1) is 17.9 Å². The third kappa shape index (κ3) is 2.42. The Bertz CT molecular complexity index is 398. The minimum absolute atomic E-state index is 0.00446. The van der Waals surface area contributed by atoms with E-state index in [9.17, 15) is 22.8 Å². The number of carbonyl (C=O) groups excluding carboxylic acids is 2. The number of ketones is 1. The van der Waals surface area contributed by atoms with Crippen molar-refractivity contribution in [3.05, 3.63) is 11.6 Å². The van der Waals surface area contributed by atoms with E-state index in [0.29, 0.717) is 0 Å². The summed E-state index contributed by atoms with van der Waals surface area (Å²) in [7, 11) is 0. The number of esters is 1. The predicted molar refractivity (Wildman–Crippen MR) is 57.7 cm³/mol. The Labute approximate surface area is 103 Å². The predicted octanol–water partition coefficient (Wildman–Crippen LogP) is 2.65. The molecular weight excluding hydrogens is 249 g/mol. The van der Waals surface area contributed by atoms with Gasteiger partial charge in [0.2, 0.25) is 0 Å². The van der Waals surface area contributed by atoms with Crippen molar-refractivity contribution in [1.29, 1.82) is 0 Å². The molecule has 0 heterocycles. The fourth-order valence-electron chi connectivity index (χ4n) is 2.29. The van der Waals surface area contributed by atoms with Gasteiger partial charge in [0, 0.05) is 6.42 Å². The third-order valence-corrected chi connectivity index (χ3v) is 3.19. The maximum Gasteiger partial charge on any atom is 0.395 e. The second kappa shape index (κ2) is 4.74. The highest BCUT2D eigenvalue weighted by molar-refractivity contribution is 5.95. The molecule has 0 aromatic rings. The lowest BCUT2D eigenvalue weighted by atomic mass is 9.66. The van der Waals surface area contributed by atoms with Crippen LogP contribution in [0, 0.1) is 11.3 Å². The normalized spacial score (nSPS) is 28.9. The molecule has 1 aliphatic rings. The lowest BCUT2D eigenvalue weighted by Gasteiger charge is -2.40. The van der Waals surface area contributed by atoms with Crippen LogP contribution < -0.4 is 0 Å². The smallest absolute Gasteiger partial charge is 0.395 e. The summed E-state index contributed by atoms with van der Waals surface area (Å²) < 4.78 is 44.1. The number of hydrogen-bond acceptors (Lipinski definition) is 3. The van der Waals surface area contributed by atoms with Gasteiger partial charge >= 0.3 is 12.1 Å². The van der Waals surface area contributed by atoms with E-state index < -0.39 is 35.7 Å². The first-order chi connectivity index (χ1) is 8.13. The molecule has 0 amide bonds. The van der Waals surface area contributed by atoms with E-state index in [1.54, 1.807) is 0 Å². The number of hydrogen-bond donors (Lipinski definition) is 0. The molecule has 0 spiro atoms. The minimum atomic E-state index is -4.64. The van der Waals surface area contributed by atoms with E-state index in [4.69, 9.17) is 0 Å². The van der Waals surface area contributed by atoms with Crippen LogP contribution in [0.1, 0.15) is 27.2 Å². The molecule has 1 rings (SSSR count). The molecule has 2 unspecified atom stereocenters. The number of carbonyl (C=O) groups is 2. The van der Waals surface area contributed by atoms with E-state index in [1.165, 1.54) is 13.8 Å². The molecule has 0 aromatic carbocycles. The van der Waals surface area contributed by atoms with Crippen LogP contribution in [-0.4, -0.2) is 24.5 Å². The zero-order chi connectivity index (χ0) is 14.1. The molecule has 0 bridgehead atoms. The third-order valence-electron chi connectivity index (χ3n) is 3.19. The van der Waals surface area contributed by atoms with Crippen molar-refractivity contribution < 1.29 is 27.5 Å². The van der Waals surface area contributed by atoms with Gasteiger partial charge in [0.25, 0.3) is 0 Å². The van der Waals surface area contributed by atoms with Crippen LogP contribution in [0.25, 0.3) is 0 Å². The molecule has 0 N–H and O–H groups in total. The lowest BCUT2D eigenvalue weighted by molar-refractivity contribution is -0.237. The highest BCUT2D eigenvalue weighted by Crippen LogP contribution is 2.51. The topological polar surface area (TPSA) is 43.4 Å². The Morgan fingerprint density at radius 2 is 2.11 bits per heavy atom. The highest BCUT2D eigenvalue weighted by Gasteiger charge is 2.61. The average Bonchev–Trinajstić information content (AvgIpc) is 2.14. The van der Waals surface area contributed by atoms with Crippen molar-refractivity contribution in [2.24, 2.45) is 11.3 Å². The average molecular weight is 264 g/mol. The molecule has 0 fully saturated rings. The minimum Gasteiger partial charge on any atom is -0.466 e. The maximum absolute atomic E-state index is 13.1. The van der Waals surface area contributed by atoms with Crippen LogP contribution in [0.4, 0.5) is 13.2 Å². The first-order valence-corrected chi connectivity index (χ1v) is 5.58. The molecule has 2 atom stereocenters. The number of rotatable bonds is 2. The molecule has 18 heavy (non-hydrogen) atoms. The van der Waals surface area contributed by atoms with Crippen LogP contribution in [-0.2, 0) is 14.3 Å². The SMILES string of the molecule is CCOC(=O)C1C(C)=CC(=O)CC1(C)C(F)(F)F. The van der Waals surface area contributed by atoms with Crippen LogP contribution in [0.5, 0.6) is 0 Å². The standard InChI is InChI=1S/C12H15F3O3/c1-4-18-10(17)9-7(2)5-8(16)6-11(9,3)12(13,14)15/h5,9H,4,6H2,1-3H3. The highest BCUT2D eigenvalue weighted by atomic mass is 19.4. The van der Waals surface area contributed by atoms with Crippen LogP contribution in [0.15, 0.2) is 11.6 Å². The second-order valence-corrected chi connectivity index (χ2v) is 4.63. The Kier molecular flexibility index (Phi) is 3.88. The number of halogens is 3. The Morgan fingerprint density at radius 3 is 2.56 bits per heavy atom. The van der Waals surface area contributed by atoms with Crippen molar-refractivity contribution in [3.63, 3.8) is 0 Å². The zero-order valence-corrected chi connectivity index (χ0v) is 10.4. The molecule has 0 saturated carbocycles. The number of ether oxygens (including phenoxy) is 1. The molecule has 6 heteroatoms. The van der Waals surface area contributed by atoms with Crippen molar-refractivity contribution in [3.8, 4) is 0 Å². The maximum atomic E-state index is 13.1. The zero-order valence-electron chi connectivity index (χ0n) is 10.4. The van der Waals surface area contributed by atoms with Crippen molar-refractivity contribution in [2.45, 2.75) is 33.4 Å². The van der Waals surface area contributed by atoms with Gasteiger partial charge in [-0.3, -0.25) is 9.59 Å². The molecule has 0 aliphatic heterocycles. The summed E-state index contributed by atoms with van der Waals surface area (Å²) in [4.78, 5) is 23.0. The molecule has 0 saturated heterocycles. The first-order valence-electron chi connectivity index (χ1n) is 5.58. The summed E-state index contributed by atoms with van der Waals surface area (Å²) >= 11 is 0. The Morgan fingerprint density at radius 1 is 1.56 bits per heavy atom. The fourth-order valence-corrected chi connectivity index (χ4v) is 2.29. The Hall–Kier alpha value is -1.33. The summed E-state index contributed by atoms with van der Waals surface area (Å²) in [5.74, 6) is -3.00. The monoisotopic (exact) mass is 264 g/mol. The van der Waals surface area contributed by atoms with Gasteiger partial charge in [-0.25, -0.2) is 0 Å². The Balaban J connectivity index is 3.26.